The van der Waals surface area contributed by atoms with Crippen molar-refractivity contribution in [1.29, 1.82) is 0 Å². The molecule has 0 atom stereocenters. The van der Waals surface area contributed by atoms with Gasteiger partial charge >= 0.3 is 16.3 Å². The zero-order chi connectivity index (χ0) is 12.9. The number of nitrogens with two attached hydrogens (primary N) is 1. The van der Waals surface area contributed by atoms with E-state index in [1.807, 2.05) is 0 Å². The van der Waals surface area contributed by atoms with E-state index >= 15 is 0 Å². The van der Waals surface area contributed by atoms with Crippen LogP contribution in [0.5, 0.6) is 0 Å². The Morgan fingerprint density at radius 3 is 2.59 bits per heavy atom. The van der Waals surface area contributed by atoms with Crippen LogP contribution in [0.1, 0.15) is 26.2 Å². The molecule has 1 aliphatic carbocycles. The Morgan fingerprint density at radius 2 is 2.12 bits per heavy atom. The smallest absolute Gasteiger partial charge is 0.421 e. The van der Waals surface area contributed by atoms with E-state index in [4.69, 9.17) is 5.73 Å². The average Bonchev–Trinajstić information content (AvgIpc) is 2.96. The minimum absolute atomic E-state index is 0.0157. The lowest BCUT2D eigenvalue weighted by Gasteiger charge is -2.15. The fraction of sp³-hybridized carbons (Fsp3) is 0.889. The molecule has 0 unspecified atom stereocenters. The van der Waals surface area contributed by atoms with E-state index in [9.17, 15) is 13.2 Å². The maximum absolute atomic E-state index is 11.4. The van der Waals surface area contributed by atoms with Crippen molar-refractivity contribution in [3.05, 3.63) is 0 Å². The maximum Gasteiger partial charge on any atom is 0.421 e. The van der Waals surface area contributed by atoms with Crippen molar-refractivity contribution in [3.63, 3.8) is 0 Å². The predicted molar refractivity (Wildman–Crippen MR) is 62.4 cm³/mol. The molecular weight excluding hydrogens is 246 g/mol. The van der Waals surface area contributed by atoms with Gasteiger partial charge < -0.3 is 10.5 Å². The van der Waals surface area contributed by atoms with Gasteiger partial charge in [-0.3, -0.25) is 0 Å². The van der Waals surface area contributed by atoms with E-state index in [1.54, 1.807) is 11.6 Å². The number of nitrogens with one attached hydrogen (secondary N) is 2. The Morgan fingerprint density at radius 1 is 1.47 bits per heavy atom. The van der Waals surface area contributed by atoms with Crippen molar-refractivity contribution in [1.82, 2.24) is 9.44 Å². The fourth-order valence-corrected chi connectivity index (χ4v) is 2.40. The van der Waals surface area contributed by atoms with Crippen LogP contribution in [-0.2, 0) is 14.9 Å². The van der Waals surface area contributed by atoms with Crippen LogP contribution in [-0.4, -0.2) is 34.2 Å². The van der Waals surface area contributed by atoms with Crippen LogP contribution in [0.25, 0.3) is 0 Å². The molecule has 0 heterocycles. The Bertz CT molecular complexity index is 364. The van der Waals surface area contributed by atoms with E-state index in [0.717, 1.165) is 19.3 Å². The summed E-state index contributed by atoms with van der Waals surface area (Å²) < 4.78 is 31.5. The largest absolute Gasteiger partial charge is 0.449 e. The van der Waals surface area contributed by atoms with Gasteiger partial charge in [-0.1, -0.05) is 0 Å². The Hall–Kier alpha value is -0.860. The molecule has 17 heavy (non-hydrogen) atoms. The van der Waals surface area contributed by atoms with Crippen LogP contribution in [0.2, 0.25) is 0 Å². The van der Waals surface area contributed by atoms with E-state index in [-0.39, 0.29) is 12.0 Å². The SMILES string of the molecule is CCOC(=O)NS(=O)(=O)NCC1(CCN)CC1. The second-order valence-corrected chi connectivity index (χ2v) is 5.69. The molecule has 100 valence electrons. The average molecular weight is 265 g/mol. The normalized spacial score (nSPS) is 17.5. The third kappa shape index (κ3) is 4.88. The molecule has 1 saturated carbocycles. The van der Waals surface area contributed by atoms with E-state index in [0.29, 0.717) is 13.1 Å². The third-order valence-electron chi connectivity index (χ3n) is 2.76. The molecule has 1 amide bonds. The first-order valence-corrected chi connectivity index (χ1v) is 7.05. The molecule has 4 N–H and O–H groups in total. The highest BCUT2D eigenvalue weighted by molar-refractivity contribution is 7.88. The first kappa shape index (κ1) is 14.2. The number of carbonyl (C=O) groups excluding carboxylic acids is 1. The second-order valence-electron chi connectivity index (χ2n) is 4.19. The molecule has 1 fully saturated rings. The Kier molecular flexibility index (Phi) is 4.72. The maximum atomic E-state index is 11.4. The highest BCUT2D eigenvalue weighted by Gasteiger charge is 2.42. The summed E-state index contributed by atoms with van der Waals surface area (Å²) in [5.74, 6) is 0. The van der Waals surface area contributed by atoms with Crippen LogP contribution in [0.3, 0.4) is 0 Å². The molecule has 8 heteroatoms. The van der Waals surface area contributed by atoms with Gasteiger partial charge in [0.25, 0.3) is 0 Å². The molecule has 1 aliphatic rings. The first-order chi connectivity index (χ1) is 7.93. The molecule has 0 radical (unpaired) electrons. The van der Waals surface area contributed by atoms with Crippen LogP contribution >= 0.6 is 0 Å². The van der Waals surface area contributed by atoms with Gasteiger partial charge in [0.2, 0.25) is 0 Å². The zero-order valence-corrected chi connectivity index (χ0v) is 10.7. The first-order valence-electron chi connectivity index (χ1n) is 5.57. The van der Waals surface area contributed by atoms with Gasteiger partial charge in [0.1, 0.15) is 0 Å². The lowest BCUT2D eigenvalue weighted by atomic mass is 10.0. The molecular formula is C9H19N3O4S. The minimum Gasteiger partial charge on any atom is -0.449 e. The standard InChI is InChI=1S/C9H19N3O4S/c1-2-16-8(13)12-17(14,15)11-7-9(3-4-9)5-6-10/h11H,2-7,10H2,1H3,(H,12,13). The number of hydrogen-bond acceptors (Lipinski definition) is 5. The summed E-state index contributed by atoms with van der Waals surface area (Å²) >= 11 is 0. The molecule has 0 aliphatic heterocycles. The summed E-state index contributed by atoms with van der Waals surface area (Å²) in [6.45, 7) is 2.56. The molecule has 1 rings (SSSR count). The van der Waals surface area contributed by atoms with Gasteiger partial charge in [-0.15, -0.1) is 0 Å². The van der Waals surface area contributed by atoms with Gasteiger partial charge in [0.15, 0.2) is 0 Å². The van der Waals surface area contributed by atoms with Crippen molar-refractivity contribution < 1.29 is 17.9 Å². The number of ether oxygens (including phenoxy) is 1. The van der Waals surface area contributed by atoms with E-state index in [1.165, 1.54) is 0 Å². The Labute approximate surface area is 101 Å². The molecule has 0 spiro atoms. The summed E-state index contributed by atoms with van der Waals surface area (Å²) in [7, 11) is -3.83. The van der Waals surface area contributed by atoms with Gasteiger partial charge in [0, 0.05) is 6.54 Å². The summed E-state index contributed by atoms with van der Waals surface area (Å²) in [5.41, 5.74) is 5.43. The molecule has 0 bridgehead atoms. The summed E-state index contributed by atoms with van der Waals surface area (Å²) in [6, 6.07) is 0. The van der Waals surface area contributed by atoms with Gasteiger partial charge in [0.05, 0.1) is 6.61 Å². The van der Waals surface area contributed by atoms with E-state index < -0.39 is 16.3 Å². The van der Waals surface area contributed by atoms with Gasteiger partial charge in [-0.25, -0.2) is 9.52 Å². The fourth-order valence-electron chi connectivity index (χ4n) is 1.55. The lowest BCUT2D eigenvalue weighted by molar-refractivity contribution is 0.158. The zero-order valence-electron chi connectivity index (χ0n) is 9.86. The summed E-state index contributed by atoms with van der Waals surface area (Å²) in [4.78, 5) is 11.0. The molecule has 7 nitrogen and oxygen atoms in total. The van der Waals surface area contributed by atoms with Crippen molar-refractivity contribution in [2.45, 2.75) is 26.2 Å². The van der Waals surface area contributed by atoms with Crippen molar-refractivity contribution in [2.24, 2.45) is 11.1 Å². The summed E-state index contributed by atoms with van der Waals surface area (Å²) in [5, 5.41) is 0. The topological polar surface area (TPSA) is 111 Å². The number of carbonyl (C=O) groups is 1. The quantitative estimate of drug-likeness (QED) is 0.585. The van der Waals surface area contributed by atoms with Crippen LogP contribution in [0, 0.1) is 5.41 Å². The molecule has 0 aromatic rings. The minimum atomic E-state index is -3.83. The van der Waals surface area contributed by atoms with Crippen LogP contribution in [0.4, 0.5) is 4.79 Å². The highest BCUT2D eigenvalue weighted by atomic mass is 32.2. The van der Waals surface area contributed by atoms with E-state index in [2.05, 4.69) is 9.46 Å². The van der Waals surface area contributed by atoms with Crippen molar-refractivity contribution >= 4 is 16.3 Å². The van der Waals surface area contributed by atoms with Crippen molar-refractivity contribution in [3.8, 4) is 0 Å². The number of amides is 1. The lowest BCUT2D eigenvalue weighted by Crippen LogP contribution is -2.43. The van der Waals surface area contributed by atoms with Gasteiger partial charge in [-0.05, 0) is 38.1 Å². The monoisotopic (exact) mass is 265 g/mol. The molecule has 0 saturated heterocycles. The number of hydrogen-bond donors (Lipinski definition) is 3. The van der Waals surface area contributed by atoms with Gasteiger partial charge in [-0.2, -0.15) is 13.1 Å². The summed E-state index contributed by atoms with van der Waals surface area (Å²) in [6.07, 6.45) is 1.75. The predicted octanol–water partition coefficient (Wildman–Crippen LogP) is -0.304. The third-order valence-corrected chi connectivity index (χ3v) is 3.72. The molecule has 0 aromatic carbocycles. The second kappa shape index (κ2) is 5.65. The molecule has 0 aromatic heterocycles. The highest BCUT2D eigenvalue weighted by Crippen LogP contribution is 2.47. The Balaban J connectivity index is 2.37. The number of rotatable bonds is 7. The van der Waals surface area contributed by atoms with Crippen molar-refractivity contribution in [2.75, 3.05) is 19.7 Å². The van der Waals surface area contributed by atoms with Crippen LogP contribution in [0.15, 0.2) is 0 Å². The van der Waals surface area contributed by atoms with Crippen LogP contribution < -0.4 is 15.2 Å².